The SMILES string of the molecule is Cc1ccc2c(c1)C(C(=O)Nc1c(C(C)C)cccc1C(C)C)c1ccccc1CO2. The summed E-state index contributed by atoms with van der Waals surface area (Å²) in [5.74, 6) is 0.971. The molecule has 1 aliphatic rings. The van der Waals surface area contributed by atoms with E-state index in [2.05, 4.69) is 76.3 Å². The molecule has 3 heteroatoms. The lowest BCUT2D eigenvalue weighted by molar-refractivity contribution is -0.116. The average molecular weight is 414 g/mol. The van der Waals surface area contributed by atoms with Crippen LogP contribution in [0.2, 0.25) is 0 Å². The van der Waals surface area contributed by atoms with Gasteiger partial charge in [-0.25, -0.2) is 0 Å². The zero-order valence-corrected chi connectivity index (χ0v) is 19.0. The Bertz CT molecular complexity index is 1090. The Hall–Kier alpha value is -3.07. The standard InChI is InChI=1S/C28H31NO2/c1-17(2)21-11-8-12-22(18(3)4)27(21)29-28(30)26-23-10-7-6-9-20(23)16-31-25-14-13-19(5)15-24(25)26/h6-15,17-18,26H,16H2,1-5H3,(H,29,30). The van der Waals surface area contributed by atoms with Crippen LogP contribution in [0.3, 0.4) is 0 Å². The van der Waals surface area contributed by atoms with Gasteiger partial charge >= 0.3 is 0 Å². The van der Waals surface area contributed by atoms with E-state index >= 15 is 0 Å². The summed E-state index contributed by atoms with van der Waals surface area (Å²) < 4.78 is 6.10. The van der Waals surface area contributed by atoms with E-state index in [0.29, 0.717) is 18.4 Å². The molecule has 1 unspecified atom stereocenters. The van der Waals surface area contributed by atoms with Crippen LogP contribution in [-0.2, 0) is 11.4 Å². The molecule has 1 aliphatic heterocycles. The first kappa shape index (κ1) is 21.2. The second kappa shape index (κ2) is 8.58. The maximum absolute atomic E-state index is 13.9. The molecular weight excluding hydrogens is 382 g/mol. The smallest absolute Gasteiger partial charge is 0.236 e. The fraction of sp³-hybridized carbons (Fsp3) is 0.321. The van der Waals surface area contributed by atoms with Crippen molar-refractivity contribution in [3.63, 3.8) is 0 Å². The van der Waals surface area contributed by atoms with E-state index in [-0.39, 0.29) is 5.91 Å². The molecule has 0 aliphatic carbocycles. The number of amides is 1. The lowest BCUT2D eigenvalue weighted by Gasteiger charge is -2.24. The highest BCUT2D eigenvalue weighted by Crippen LogP contribution is 2.40. The number of nitrogens with one attached hydrogen (secondary N) is 1. The monoisotopic (exact) mass is 413 g/mol. The summed E-state index contributed by atoms with van der Waals surface area (Å²) >= 11 is 0. The van der Waals surface area contributed by atoms with Crippen molar-refractivity contribution in [3.8, 4) is 5.75 Å². The molecule has 0 spiro atoms. The number of hydrogen-bond donors (Lipinski definition) is 1. The number of carbonyl (C=O) groups is 1. The number of benzene rings is 3. The van der Waals surface area contributed by atoms with E-state index in [4.69, 9.17) is 4.74 Å². The summed E-state index contributed by atoms with van der Waals surface area (Å²) in [5, 5.41) is 3.35. The number of para-hydroxylation sites is 1. The van der Waals surface area contributed by atoms with Gasteiger partial charge in [0.15, 0.2) is 0 Å². The zero-order chi connectivity index (χ0) is 22.1. The number of anilines is 1. The molecule has 1 atom stereocenters. The number of aryl methyl sites for hydroxylation is 1. The summed E-state index contributed by atoms with van der Waals surface area (Å²) in [6, 6.07) is 20.5. The van der Waals surface area contributed by atoms with Crippen LogP contribution in [0.1, 0.15) is 78.8 Å². The van der Waals surface area contributed by atoms with Crippen LogP contribution in [0.5, 0.6) is 5.75 Å². The largest absolute Gasteiger partial charge is 0.489 e. The Morgan fingerprint density at radius 2 is 1.58 bits per heavy atom. The van der Waals surface area contributed by atoms with Crippen molar-refractivity contribution in [3.05, 3.63) is 94.0 Å². The second-order valence-corrected chi connectivity index (χ2v) is 9.07. The van der Waals surface area contributed by atoms with Gasteiger partial charge in [0, 0.05) is 11.3 Å². The molecule has 0 radical (unpaired) electrons. The fourth-order valence-electron chi connectivity index (χ4n) is 4.47. The van der Waals surface area contributed by atoms with Gasteiger partial charge in [0.25, 0.3) is 0 Å². The molecule has 3 aromatic carbocycles. The second-order valence-electron chi connectivity index (χ2n) is 9.07. The molecule has 4 rings (SSSR count). The van der Waals surface area contributed by atoms with Crippen molar-refractivity contribution in [2.24, 2.45) is 0 Å². The maximum Gasteiger partial charge on any atom is 0.236 e. The van der Waals surface area contributed by atoms with Gasteiger partial charge in [-0.15, -0.1) is 0 Å². The van der Waals surface area contributed by atoms with Crippen LogP contribution in [0, 0.1) is 6.92 Å². The van der Waals surface area contributed by atoms with E-state index in [1.807, 2.05) is 24.3 Å². The molecule has 31 heavy (non-hydrogen) atoms. The van der Waals surface area contributed by atoms with E-state index in [1.165, 1.54) is 11.1 Å². The summed E-state index contributed by atoms with van der Waals surface area (Å²) in [7, 11) is 0. The van der Waals surface area contributed by atoms with Gasteiger partial charge in [-0.05, 0) is 47.1 Å². The first-order valence-electron chi connectivity index (χ1n) is 11.1. The van der Waals surface area contributed by atoms with Crippen LogP contribution >= 0.6 is 0 Å². The Balaban J connectivity index is 1.84. The van der Waals surface area contributed by atoms with Crippen LogP contribution in [0.25, 0.3) is 0 Å². The van der Waals surface area contributed by atoms with Gasteiger partial charge < -0.3 is 10.1 Å². The highest BCUT2D eigenvalue weighted by atomic mass is 16.5. The zero-order valence-electron chi connectivity index (χ0n) is 19.0. The van der Waals surface area contributed by atoms with E-state index in [1.54, 1.807) is 0 Å². The minimum atomic E-state index is -0.422. The van der Waals surface area contributed by atoms with Crippen molar-refractivity contribution in [1.82, 2.24) is 0 Å². The number of rotatable bonds is 4. The molecule has 1 heterocycles. The fourth-order valence-corrected chi connectivity index (χ4v) is 4.47. The number of hydrogen-bond acceptors (Lipinski definition) is 2. The molecule has 3 aromatic rings. The van der Waals surface area contributed by atoms with Gasteiger partial charge in [0.1, 0.15) is 12.4 Å². The molecule has 0 saturated heterocycles. The number of carbonyl (C=O) groups excluding carboxylic acids is 1. The van der Waals surface area contributed by atoms with Crippen LogP contribution in [0.4, 0.5) is 5.69 Å². The number of fused-ring (bicyclic) bond motifs is 2. The highest BCUT2D eigenvalue weighted by molar-refractivity contribution is 6.00. The minimum Gasteiger partial charge on any atom is -0.489 e. The van der Waals surface area contributed by atoms with Gasteiger partial charge in [0.2, 0.25) is 5.91 Å². The first-order chi connectivity index (χ1) is 14.9. The Labute approximate surface area is 185 Å². The minimum absolute atomic E-state index is 0.0141. The van der Waals surface area contributed by atoms with Crippen molar-refractivity contribution < 1.29 is 9.53 Å². The highest BCUT2D eigenvalue weighted by Gasteiger charge is 2.31. The molecule has 0 bridgehead atoms. The molecule has 160 valence electrons. The van der Waals surface area contributed by atoms with E-state index < -0.39 is 5.92 Å². The van der Waals surface area contributed by atoms with Crippen LogP contribution in [-0.4, -0.2) is 5.91 Å². The third-order valence-electron chi connectivity index (χ3n) is 6.11. The summed E-state index contributed by atoms with van der Waals surface area (Å²) in [6.45, 7) is 11.2. The molecule has 0 saturated carbocycles. The van der Waals surface area contributed by atoms with Crippen LogP contribution < -0.4 is 10.1 Å². The van der Waals surface area contributed by atoms with E-state index in [0.717, 1.165) is 33.7 Å². The van der Waals surface area contributed by atoms with Gasteiger partial charge in [-0.1, -0.05) is 87.9 Å². The third-order valence-corrected chi connectivity index (χ3v) is 6.11. The number of ether oxygens (including phenoxy) is 1. The van der Waals surface area contributed by atoms with Crippen molar-refractivity contribution in [2.45, 2.75) is 59.0 Å². The van der Waals surface area contributed by atoms with Crippen molar-refractivity contribution >= 4 is 11.6 Å². The molecule has 1 N–H and O–H groups in total. The Morgan fingerprint density at radius 3 is 2.26 bits per heavy atom. The van der Waals surface area contributed by atoms with E-state index in [9.17, 15) is 4.79 Å². The predicted molar refractivity (Wildman–Crippen MR) is 127 cm³/mol. The molecule has 3 nitrogen and oxygen atoms in total. The molecular formula is C28H31NO2. The van der Waals surface area contributed by atoms with Crippen LogP contribution in [0.15, 0.2) is 60.7 Å². The average Bonchev–Trinajstić information content (AvgIpc) is 2.89. The van der Waals surface area contributed by atoms with Crippen molar-refractivity contribution in [2.75, 3.05) is 5.32 Å². The topological polar surface area (TPSA) is 38.3 Å². The van der Waals surface area contributed by atoms with Crippen molar-refractivity contribution in [1.29, 1.82) is 0 Å². The molecule has 0 aromatic heterocycles. The Kier molecular flexibility index (Phi) is 5.86. The molecule has 1 amide bonds. The molecule has 0 fully saturated rings. The quantitative estimate of drug-likeness (QED) is 0.505. The van der Waals surface area contributed by atoms with Gasteiger partial charge in [-0.2, -0.15) is 0 Å². The third kappa shape index (κ3) is 4.10. The predicted octanol–water partition coefficient (Wildman–Crippen LogP) is 6.90. The summed E-state index contributed by atoms with van der Waals surface area (Å²) in [4.78, 5) is 13.9. The first-order valence-corrected chi connectivity index (χ1v) is 11.1. The summed E-state index contributed by atoms with van der Waals surface area (Å²) in [5.41, 5.74) is 7.40. The normalized spacial score (nSPS) is 15.1. The maximum atomic E-state index is 13.9. The summed E-state index contributed by atoms with van der Waals surface area (Å²) in [6.07, 6.45) is 0. The lowest BCUT2D eigenvalue weighted by atomic mass is 9.86. The van der Waals surface area contributed by atoms with Gasteiger partial charge in [0.05, 0.1) is 5.92 Å². The lowest BCUT2D eigenvalue weighted by Crippen LogP contribution is -2.24. The van der Waals surface area contributed by atoms with Gasteiger partial charge in [-0.3, -0.25) is 4.79 Å². The Morgan fingerprint density at radius 1 is 0.903 bits per heavy atom.